The van der Waals surface area contributed by atoms with E-state index in [0.29, 0.717) is 22.3 Å². The first-order valence-corrected chi connectivity index (χ1v) is 16.1. The van der Waals surface area contributed by atoms with E-state index >= 15 is 0 Å². The van der Waals surface area contributed by atoms with Crippen molar-refractivity contribution in [3.63, 3.8) is 0 Å². The van der Waals surface area contributed by atoms with E-state index in [4.69, 9.17) is 23.2 Å². The molecule has 0 aliphatic carbocycles. The van der Waals surface area contributed by atoms with Crippen molar-refractivity contribution < 1.29 is 12.3 Å². The second kappa shape index (κ2) is 12.7. The first kappa shape index (κ1) is 21.3. The summed E-state index contributed by atoms with van der Waals surface area (Å²) in [5.74, 6) is 0.299. The van der Waals surface area contributed by atoms with E-state index in [1.165, 1.54) is 0 Å². The van der Waals surface area contributed by atoms with Crippen LogP contribution in [0.1, 0.15) is 12.3 Å². The summed E-state index contributed by atoms with van der Waals surface area (Å²) in [6.45, 7) is 0. The molecule has 0 aliphatic rings. The highest BCUT2D eigenvalue weighted by Gasteiger charge is 2.15. The lowest BCUT2D eigenvalue weighted by atomic mass is 9.92. The Morgan fingerprint density at radius 1 is 0.340 bits per heavy atom. The molecular weight excluding hydrogens is 607 g/mol. The van der Waals surface area contributed by atoms with Crippen molar-refractivity contribution in [3.05, 3.63) is 188 Å². The van der Waals surface area contributed by atoms with E-state index in [1.807, 2.05) is 103 Å². The zero-order valence-corrected chi connectivity index (χ0v) is 26.5. The summed E-state index contributed by atoms with van der Waals surface area (Å²) in [5, 5.41) is 3.58. The van der Waals surface area contributed by atoms with E-state index in [9.17, 15) is 4.11 Å². The van der Waals surface area contributed by atoms with Crippen LogP contribution < -0.4 is 0 Å². The van der Waals surface area contributed by atoms with Crippen LogP contribution in [0.25, 0.3) is 89.1 Å². The van der Waals surface area contributed by atoms with Gasteiger partial charge in [-0.3, -0.25) is 0 Å². The summed E-state index contributed by atoms with van der Waals surface area (Å²) in [7, 11) is 0. The first-order valence-electron chi connectivity index (χ1n) is 20.6. The van der Waals surface area contributed by atoms with Gasteiger partial charge >= 0.3 is 0 Å². The van der Waals surface area contributed by atoms with Gasteiger partial charge < -0.3 is 0 Å². The lowest BCUT2D eigenvalue weighted by molar-refractivity contribution is 1.07. The fourth-order valence-electron chi connectivity index (χ4n) is 6.19. The molecule has 0 unspecified atom stereocenters. The van der Waals surface area contributed by atoms with Crippen LogP contribution >= 0.6 is 0 Å². The lowest BCUT2D eigenvalue weighted by Crippen LogP contribution is -2.00. The molecule has 0 bridgehead atoms. The predicted octanol–water partition coefficient (Wildman–Crippen LogP) is 12.2. The Morgan fingerprint density at radius 2 is 0.940 bits per heavy atom. The van der Waals surface area contributed by atoms with Crippen molar-refractivity contribution in [1.82, 2.24) is 15.0 Å². The van der Waals surface area contributed by atoms with Crippen molar-refractivity contribution in [2.45, 2.75) is 0 Å². The summed E-state index contributed by atoms with van der Waals surface area (Å²) in [4.78, 5) is 14.6. The molecule has 0 saturated carbocycles. The SMILES string of the molecule is [2H]c1c([2H])c([2H])c(-c2cccc(-c3nc(-c4ccc5ccccc5c4)nc(-c4c([2H])c([2H])c([2H])c(-c5cc(-c6ccccc6)cc6ccccc56)c4[2H])n3)c2)c([2H])c1[2H]. The van der Waals surface area contributed by atoms with Crippen LogP contribution in [-0.4, -0.2) is 15.0 Å². The van der Waals surface area contributed by atoms with Gasteiger partial charge in [0.15, 0.2) is 17.5 Å². The molecule has 1 heterocycles. The van der Waals surface area contributed by atoms with Crippen LogP contribution in [0.4, 0.5) is 0 Å². The second-order valence-corrected chi connectivity index (χ2v) is 11.8. The summed E-state index contributed by atoms with van der Waals surface area (Å²) < 4.78 is 79.0. The number of rotatable bonds is 6. The highest BCUT2D eigenvalue weighted by atomic mass is 15.0. The maximum absolute atomic E-state index is 9.74. The smallest absolute Gasteiger partial charge is 0.164 e. The molecule has 9 aromatic rings. The molecule has 0 atom stereocenters. The number of hydrogen-bond donors (Lipinski definition) is 0. The maximum atomic E-state index is 9.74. The molecule has 0 N–H and O–H groups in total. The molecule has 8 aromatic carbocycles. The number of aromatic nitrogens is 3. The molecule has 9 rings (SSSR count). The molecule has 0 fully saturated rings. The average molecular weight is 647 g/mol. The van der Waals surface area contributed by atoms with Crippen LogP contribution in [0.3, 0.4) is 0 Å². The number of nitrogens with zero attached hydrogens (tertiary/aromatic N) is 3. The molecule has 0 amide bonds. The molecule has 50 heavy (non-hydrogen) atoms. The zero-order valence-electron chi connectivity index (χ0n) is 35.5. The van der Waals surface area contributed by atoms with Gasteiger partial charge in [0, 0.05) is 16.7 Å². The van der Waals surface area contributed by atoms with E-state index in [-0.39, 0.29) is 64.4 Å². The van der Waals surface area contributed by atoms with Gasteiger partial charge in [0.1, 0.15) is 0 Å². The van der Waals surface area contributed by atoms with E-state index in [0.717, 1.165) is 32.7 Å². The molecule has 0 radical (unpaired) electrons. The third-order valence-corrected chi connectivity index (χ3v) is 8.64. The molecule has 0 spiro atoms. The minimum Gasteiger partial charge on any atom is -0.208 e. The second-order valence-electron chi connectivity index (χ2n) is 11.8. The average Bonchev–Trinajstić information content (AvgIpc) is 3.27. The highest BCUT2D eigenvalue weighted by Crippen LogP contribution is 2.36. The summed E-state index contributed by atoms with van der Waals surface area (Å²) in [6.07, 6.45) is 0. The van der Waals surface area contributed by atoms with Crippen molar-refractivity contribution in [3.8, 4) is 67.5 Å². The standard InChI is InChI=1S/C47H31N3/c1-3-13-32(14-4-1)36-20-11-22-39(27-36)45-48-46(50-47(49-45)41-26-25-34-17-7-8-18-35(34)28-41)40-23-12-21-38(29-40)44-31-42(33-15-5-2-6-16-33)30-37-19-9-10-24-43(37)44/h1-31H/i1D,3D,4D,12D,13D,14D,21D,23D,29D. The van der Waals surface area contributed by atoms with Crippen LogP contribution in [0, 0.1) is 0 Å². The van der Waals surface area contributed by atoms with Crippen LogP contribution in [0.5, 0.6) is 0 Å². The van der Waals surface area contributed by atoms with Crippen LogP contribution in [0.2, 0.25) is 0 Å². The van der Waals surface area contributed by atoms with E-state index < -0.39 is 24.2 Å². The van der Waals surface area contributed by atoms with Gasteiger partial charge in [-0.25, -0.2) is 15.0 Å². The summed E-state index contributed by atoms with van der Waals surface area (Å²) in [6, 6.07) is 38.3. The molecule has 1 aromatic heterocycles. The third kappa shape index (κ3) is 5.72. The Balaban J connectivity index is 1.30. The van der Waals surface area contributed by atoms with Crippen molar-refractivity contribution in [1.29, 1.82) is 0 Å². The van der Waals surface area contributed by atoms with Gasteiger partial charge in [-0.2, -0.15) is 0 Å². The van der Waals surface area contributed by atoms with Gasteiger partial charge in [0.05, 0.1) is 12.3 Å². The fraction of sp³-hybridized carbons (Fsp3) is 0. The van der Waals surface area contributed by atoms with Crippen LogP contribution in [-0.2, 0) is 0 Å². The number of hydrogen-bond acceptors (Lipinski definition) is 3. The maximum Gasteiger partial charge on any atom is 0.164 e. The molecule has 234 valence electrons. The van der Waals surface area contributed by atoms with Gasteiger partial charge in [-0.05, 0) is 85.2 Å². The largest absolute Gasteiger partial charge is 0.208 e. The molecule has 0 aliphatic heterocycles. The Morgan fingerprint density at radius 3 is 1.76 bits per heavy atom. The predicted molar refractivity (Wildman–Crippen MR) is 207 cm³/mol. The summed E-state index contributed by atoms with van der Waals surface area (Å²) >= 11 is 0. The third-order valence-electron chi connectivity index (χ3n) is 8.64. The molecule has 3 nitrogen and oxygen atoms in total. The van der Waals surface area contributed by atoms with Crippen molar-refractivity contribution in [2.75, 3.05) is 0 Å². The minimum atomic E-state index is -0.494. The van der Waals surface area contributed by atoms with Crippen molar-refractivity contribution in [2.24, 2.45) is 0 Å². The molecular formula is C47H31N3. The topological polar surface area (TPSA) is 38.7 Å². The van der Waals surface area contributed by atoms with Crippen molar-refractivity contribution >= 4 is 21.5 Å². The number of benzene rings is 8. The quantitative estimate of drug-likeness (QED) is 0.180. The van der Waals surface area contributed by atoms with Crippen LogP contribution in [0.15, 0.2) is 188 Å². The fourth-order valence-corrected chi connectivity index (χ4v) is 6.19. The minimum absolute atomic E-state index is 0.0169. The normalized spacial score (nSPS) is 13.7. The Hall–Kier alpha value is -6.71. The van der Waals surface area contributed by atoms with Gasteiger partial charge in [0.25, 0.3) is 0 Å². The monoisotopic (exact) mass is 646 g/mol. The van der Waals surface area contributed by atoms with Gasteiger partial charge in [-0.1, -0.05) is 158 Å². The molecule has 3 heteroatoms. The molecule has 0 saturated heterocycles. The Bertz CT molecular complexity index is 3140. The first-order chi connectivity index (χ1) is 28.5. The zero-order chi connectivity index (χ0) is 41.1. The highest BCUT2D eigenvalue weighted by molar-refractivity contribution is 6.00. The van der Waals surface area contributed by atoms with E-state index in [1.54, 1.807) is 24.3 Å². The Kier molecular flexibility index (Phi) is 5.42. The lowest BCUT2D eigenvalue weighted by Gasteiger charge is -2.13. The summed E-state index contributed by atoms with van der Waals surface area (Å²) in [5.41, 5.74) is 3.87. The van der Waals surface area contributed by atoms with Gasteiger partial charge in [-0.15, -0.1) is 0 Å². The Labute approximate surface area is 303 Å². The van der Waals surface area contributed by atoms with E-state index in [2.05, 4.69) is 6.07 Å². The van der Waals surface area contributed by atoms with Gasteiger partial charge in [0.2, 0.25) is 0 Å². The number of fused-ring (bicyclic) bond motifs is 2.